The molecule has 0 saturated heterocycles. The number of halogens is 1. The molecule has 3 aromatic rings. The van der Waals surface area contributed by atoms with Gasteiger partial charge in [-0.1, -0.05) is 12.1 Å². The Balaban J connectivity index is 1.67. The Kier molecular flexibility index (Phi) is 3.76. The van der Waals surface area contributed by atoms with Crippen molar-refractivity contribution in [2.24, 2.45) is 0 Å². The monoisotopic (exact) mass is 352 g/mol. The van der Waals surface area contributed by atoms with Crippen LogP contribution in [0.3, 0.4) is 0 Å². The number of amides is 1. The maximum Gasteiger partial charge on any atom is 0.339 e. The van der Waals surface area contributed by atoms with Gasteiger partial charge in [0.1, 0.15) is 5.82 Å². The second-order valence-electron chi connectivity index (χ2n) is 6.47. The summed E-state index contributed by atoms with van der Waals surface area (Å²) >= 11 is 0. The first-order valence-electron chi connectivity index (χ1n) is 8.31. The predicted molar refractivity (Wildman–Crippen MR) is 95.6 cm³/mol. The molecule has 0 atom stereocenters. The van der Waals surface area contributed by atoms with Gasteiger partial charge in [-0.3, -0.25) is 4.79 Å². The number of methoxy groups -OCH3 is 1. The Morgan fingerprint density at radius 1 is 1.19 bits per heavy atom. The van der Waals surface area contributed by atoms with Crippen LogP contribution in [0.4, 0.5) is 10.1 Å². The number of hydrogen-bond acceptors (Lipinski definition) is 3. The van der Waals surface area contributed by atoms with Crippen molar-refractivity contribution in [1.29, 1.82) is 0 Å². The summed E-state index contributed by atoms with van der Waals surface area (Å²) in [5, 5.41) is 3.70. The highest BCUT2D eigenvalue weighted by atomic mass is 19.1. The van der Waals surface area contributed by atoms with Crippen molar-refractivity contribution < 1.29 is 18.7 Å². The van der Waals surface area contributed by atoms with Gasteiger partial charge in [0.05, 0.1) is 23.8 Å². The molecule has 0 unspecified atom stereocenters. The van der Waals surface area contributed by atoms with Gasteiger partial charge in [-0.15, -0.1) is 0 Å². The molecule has 5 nitrogen and oxygen atoms in total. The first-order chi connectivity index (χ1) is 12.5. The van der Waals surface area contributed by atoms with Crippen molar-refractivity contribution in [3.8, 4) is 0 Å². The minimum Gasteiger partial charge on any atom is -0.465 e. The summed E-state index contributed by atoms with van der Waals surface area (Å²) in [6.45, 7) is 0. The van der Waals surface area contributed by atoms with E-state index in [1.165, 1.54) is 19.2 Å². The van der Waals surface area contributed by atoms with Crippen LogP contribution in [0.15, 0.2) is 48.7 Å². The molecule has 0 aliphatic heterocycles. The van der Waals surface area contributed by atoms with Gasteiger partial charge >= 0.3 is 5.97 Å². The van der Waals surface area contributed by atoms with Crippen molar-refractivity contribution in [3.63, 3.8) is 0 Å². The zero-order valence-electron chi connectivity index (χ0n) is 14.1. The molecule has 1 aliphatic carbocycles. The summed E-state index contributed by atoms with van der Waals surface area (Å²) in [6.07, 6.45) is 3.16. The molecule has 1 aromatic heterocycles. The fraction of sp³-hybridized carbons (Fsp3) is 0.200. The summed E-state index contributed by atoms with van der Waals surface area (Å²) in [5.41, 5.74) is 1.57. The fourth-order valence-electron chi connectivity index (χ4n) is 3.36. The van der Waals surface area contributed by atoms with Crippen molar-refractivity contribution in [1.82, 2.24) is 4.98 Å². The maximum atomic E-state index is 13.4. The van der Waals surface area contributed by atoms with Crippen molar-refractivity contribution >= 4 is 28.5 Å². The van der Waals surface area contributed by atoms with Crippen LogP contribution in [-0.2, 0) is 14.9 Å². The van der Waals surface area contributed by atoms with E-state index >= 15 is 0 Å². The first kappa shape index (κ1) is 16.3. The highest BCUT2D eigenvalue weighted by molar-refractivity contribution is 6.07. The molecule has 6 heteroatoms. The second kappa shape index (κ2) is 5.98. The molecule has 4 rings (SSSR count). The lowest BCUT2D eigenvalue weighted by Gasteiger charge is -2.16. The molecule has 0 radical (unpaired) electrons. The van der Waals surface area contributed by atoms with Crippen LogP contribution in [0.2, 0.25) is 0 Å². The average molecular weight is 352 g/mol. The number of benzene rings is 2. The van der Waals surface area contributed by atoms with Crippen LogP contribution >= 0.6 is 0 Å². The number of nitrogens with one attached hydrogen (secondary N) is 2. The van der Waals surface area contributed by atoms with Crippen LogP contribution in [0, 0.1) is 5.82 Å². The molecule has 0 spiro atoms. The Morgan fingerprint density at radius 2 is 1.96 bits per heavy atom. The van der Waals surface area contributed by atoms with E-state index in [0.29, 0.717) is 29.6 Å². The van der Waals surface area contributed by atoms with Crippen LogP contribution in [-0.4, -0.2) is 24.0 Å². The van der Waals surface area contributed by atoms with Gasteiger partial charge in [0, 0.05) is 17.1 Å². The summed E-state index contributed by atoms with van der Waals surface area (Å²) in [6, 6.07) is 11.2. The van der Waals surface area contributed by atoms with Gasteiger partial charge < -0.3 is 15.0 Å². The maximum absolute atomic E-state index is 13.4. The van der Waals surface area contributed by atoms with Crippen LogP contribution in [0.5, 0.6) is 0 Å². The third kappa shape index (κ3) is 2.54. The zero-order chi connectivity index (χ0) is 18.3. The smallest absolute Gasteiger partial charge is 0.339 e. The molecule has 2 aromatic carbocycles. The van der Waals surface area contributed by atoms with E-state index in [0.717, 1.165) is 10.9 Å². The average Bonchev–Trinajstić information content (AvgIpc) is 3.35. The van der Waals surface area contributed by atoms with E-state index in [9.17, 15) is 14.0 Å². The standard InChI is InChI=1S/C20H17FN2O3/c1-26-18(24)14-4-2-3-5-16(14)23-19(25)20(8-9-20)15-11-22-17-10-12(21)6-7-13(15)17/h2-7,10-11,22H,8-9H2,1H3,(H,23,25). The van der Waals surface area contributed by atoms with E-state index < -0.39 is 11.4 Å². The van der Waals surface area contributed by atoms with Gasteiger partial charge in [-0.05, 0) is 48.7 Å². The van der Waals surface area contributed by atoms with Gasteiger partial charge in [-0.25, -0.2) is 9.18 Å². The Hall–Kier alpha value is -3.15. The molecule has 1 aliphatic rings. The van der Waals surface area contributed by atoms with E-state index in [1.54, 1.807) is 36.5 Å². The number of aromatic nitrogens is 1. The van der Waals surface area contributed by atoms with Crippen LogP contribution < -0.4 is 5.32 Å². The van der Waals surface area contributed by atoms with Gasteiger partial charge in [-0.2, -0.15) is 0 Å². The third-order valence-corrected chi connectivity index (χ3v) is 4.92. The zero-order valence-corrected chi connectivity index (χ0v) is 14.1. The van der Waals surface area contributed by atoms with Gasteiger partial charge in [0.15, 0.2) is 0 Å². The van der Waals surface area contributed by atoms with Crippen molar-refractivity contribution in [3.05, 3.63) is 65.6 Å². The minimum absolute atomic E-state index is 0.181. The molecule has 26 heavy (non-hydrogen) atoms. The number of aromatic amines is 1. The normalized spacial score (nSPS) is 14.8. The van der Waals surface area contributed by atoms with E-state index in [2.05, 4.69) is 10.3 Å². The topological polar surface area (TPSA) is 71.2 Å². The number of esters is 1. The molecule has 1 heterocycles. The number of H-pyrrole nitrogens is 1. The number of anilines is 1. The molecule has 0 bridgehead atoms. The van der Waals surface area contributed by atoms with E-state index in [-0.39, 0.29) is 11.7 Å². The highest BCUT2D eigenvalue weighted by Crippen LogP contribution is 2.51. The SMILES string of the molecule is COC(=O)c1ccccc1NC(=O)C1(c2c[nH]c3cc(F)ccc23)CC1. The highest BCUT2D eigenvalue weighted by Gasteiger charge is 2.52. The quantitative estimate of drug-likeness (QED) is 0.702. The number of carbonyl (C=O) groups is 2. The number of fused-ring (bicyclic) bond motifs is 1. The Morgan fingerprint density at radius 3 is 2.69 bits per heavy atom. The summed E-state index contributed by atoms with van der Waals surface area (Å²) in [4.78, 5) is 28.0. The predicted octanol–water partition coefficient (Wildman–Crippen LogP) is 3.76. The molecule has 1 amide bonds. The molecule has 1 saturated carbocycles. The molecule has 2 N–H and O–H groups in total. The van der Waals surface area contributed by atoms with Crippen LogP contribution in [0.25, 0.3) is 10.9 Å². The van der Waals surface area contributed by atoms with E-state index in [4.69, 9.17) is 4.74 Å². The number of hydrogen-bond donors (Lipinski definition) is 2. The lowest BCUT2D eigenvalue weighted by Crippen LogP contribution is -2.28. The molecular weight excluding hydrogens is 335 g/mol. The summed E-state index contributed by atoms with van der Waals surface area (Å²) < 4.78 is 18.2. The first-order valence-corrected chi connectivity index (χ1v) is 8.31. The fourth-order valence-corrected chi connectivity index (χ4v) is 3.36. The molecular formula is C20H17FN2O3. The third-order valence-electron chi connectivity index (χ3n) is 4.92. The van der Waals surface area contributed by atoms with Gasteiger partial charge in [0.25, 0.3) is 0 Å². The Labute approximate surface area is 149 Å². The molecule has 132 valence electrons. The Bertz CT molecular complexity index is 1020. The minimum atomic E-state index is -0.667. The van der Waals surface area contributed by atoms with Gasteiger partial charge in [0.2, 0.25) is 5.91 Å². The lowest BCUT2D eigenvalue weighted by atomic mass is 9.94. The second-order valence-corrected chi connectivity index (χ2v) is 6.47. The lowest BCUT2D eigenvalue weighted by molar-refractivity contribution is -0.118. The summed E-state index contributed by atoms with van der Waals surface area (Å²) in [5.74, 6) is -1.01. The number of rotatable bonds is 4. The number of ether oxygens (including phenoxy) is 1. The van der Waals surface area contributed by atoms with Crippen molar-refractivity contribution in [2.45, 2.75) is 18.3 Å². The number of para-hydroxylation sites is 1. The summed E-state index contributed by atoms with van der Waals surface area (Å²) in [7, 11) is 1.30. The van der Waals surface area contributed by atoms with Crippen molar-refractivity contribution in [2.75, 3.05) is 12.4 Å². The largest absolute Gasteiger partial charge is 0.465 e. The van der Waals surface area contributed by atoms with E-state index in [1.807, 2.05) is 0 Å². The van der Waals surface area contributed by atoms with Crippen LogP contribution in [0.1, 0.15) is 28.8 Å². The molecule has 1 fully saturated rings. The number of carbonyl (C=O) groups excluding carboxylic acids is 2.